The summed E-state index contributed by atoms with van der Waals surface area (Å²) in [4.78, 5) is 15.1. The lowest BCUT2D eigenvalue weighted by Gasteiger charge is -2.18. The molecule has 1 rings (SSSR count). The van der Waals surface area contributed by atoms with Gasteiger partial charge in [0.2, 0.25) is 11.8 Å². The van der Waals surface area contributed by atoms with Crippen molar-refractivity contribution in [1.82, 2.24) is 4.98 Å². The summed E-state index contributed by atoms with van der Waals surface area (Å²) in [5, 5.41) is 9.04. The van der Waals surface area contributed by atoms with Crippen LogP contribution >= 0.6 is 0 Å². The second kappa shape index (κ2) is 6.09. The number of pyridine rings is 1. The summed E-state index contributed by atoms with van der Waals surface area (Å²) in [5.74, 6) is -0.260. The summed E-state index contributed by atoms with van der Waals surface area (Å²) >= 11 is 0. The number of carbonyl (C=O) groups is 1. The fraction of sp³-hybridized carbons (Fsp3) is 0.500. The average molecular weight is 255 g/mol. The van der Waals surface area contributed by atoms with Gasteiger partial charge in [0.1, 0.15) is 5.75 Å². The van der Waals surface area contributed by atoms with Crippen molar-refractivity contribution in [3.8, 4) is 17.5 Å². The summed E-state index contributed by atoms with van der Waals surface area (Å²) in [7, 11) is 2.96. The largest absolute Gasteiger partial charge is 0.496 e. The Hall–Kier alpha value is -1.98. The number of ether oxygens (including phenoxy) is 3. The molecule has 0 aliphatic rings. The highest BCUT2D eigenvalue weighted by atomic mass is 16.5. The first-order valence-corrected chi connectivity index (χ1v) is 5.47. The van der Waals surface area contributed by atoms with Crippen molar-refractivity contribution < 1.29 is 24.1 Å². The smallest absolute Gasteiger partial charge is 0.345 e. The zero-order valence-electron chi connectivity index (χ0n) is 10.8. The van der Waals surface area contributed by atoms with Crippen LogP contribution in [0.5, 0.6) is 17.5 Å². The van der Waals surface area contributed by atoms with Crippen LogP contribution in [0.15, 0.2) is 12.1 Å². The predicted octanol–water partition coefficient (Wildman–Crippen LogP) is 1.59. The molecule has 0 bridgehead atoms. The molecule has 1 aromatic heterocycles. The molecule has 0 spiro atoms. The first-order valence-electron chi connectivity index (χ1n) is 5.47. The van der Waals surface area contributed by atoms with Gasteiger partial charge in [0.15, 0.2) is 6.10 Å². The van der Waals surface area contributed by atoms with E-state index in [4.69, 9.17) is 19.3 Å². The number of aromatic nitrogens is 1. The van der Waals surface area contributed by atoms with Gasteiger partial charge in [0.05, 0.1) is 14.2 Å². The Balaban J connectivity index is 2.98. The quantitative estimate of drug-likeness (QED) is 0.831. The fourth-order valence-corrected chi connectivity index (χ4v) is 1.34. The van der Waals surface area contributed by atoms with E-state index in [1.54, 1.807) is 19.9 Å². The molecule has 0 amide bonds. The van der Waals surface area contributed by atoms with Crippen LogP contribution < -0.4 is 14.2 Å². The normalized spacial score (nSPS) is 12.1. The number of nitrogens with zero attached hydrogens (tertiary/aromatic N) is 1. The fourth-order valence-electron chi connectivity index (χ4n) is 1.34. The molecule has 1 heterocycles. The second-order valence-corrected chi connectivity index (χ2v) is 4.01. The monoisotopic (exact) mass is 255 g/mol. The Morgan fingerprint density at radius 1 is 1.22 bits per heavy atom. The van der Waals surface area contributed by atoms with Crippen molar-refractivity contribution in [1.29, 1.82) is 0 Å². The van der Waals surface area contributed by atoms with E-state index in [0.717, 1.165) is 0 Å². The number of hydrogen-bond donors (Lipinski definition) is 1. The van der Waals surface area contributed by atoms with E-state index >= 15 is 0 Å². The third kappa shape index (κ3) is 3.51. The maximum Gasteiger partial charge on any atom is 0.345 e. The molecule has 0 fully saturated rings. The molecule has 1 N–H and O–H groups in total. The van der Waals surface area contributed by atoms with Crippen LogP contribution in [0, 0.1) is 5.92 Å². The molecule has 0 saturated heterocycles. The van der Waals surface area contributed by atoms with Crippen LogP contribution in [-0.2, 0) is 4.79 Å². The number of carboxylic acids is 1. The van der Waals surface area contributed by atoms with Gasteiger partial charge in [-0.3, -0.25) is 0 Å². The lowest BCUT2D eigenvalue weighted by molar-refractivity contribution is -0.147. The van der Waals surface area contributed by atoms with E-state index in [2.05, 4.69) is 4.98 Å². The third-order valence-electron chi connectivity index (χ3n) is 2.29. The minimum Gasteiger partial charge on any atom is -0.496 e. The van der Waals surface area contributed by atoms with Crippen LogP contribution in [0.2, 0.25) is 0 Å². The van der Waals surface area contributed by atoms with Gasteiger partial charge in [-0.2, -0.15) is 4.98 Å². The van der Waals surface area contributed by atoms with Gasteiger partial charge in [-0.1, -0.05) is 13.8 Å². The zero-order chi connectivity index (χ0) is 13.7. The molecule has 100 valence electrons. The first kappa shape index (κ1) is 14.1. The summed E-state index contributed by atoms with van der Waals surface area (Å²) < 4.78 is 15.4. The molecule has 18 heavy (non-hydrogen) atoms. The van der Waals surface area contributed by atoms with Crippen molar-refractivity contribution in [2.75, 3.05) is 14.2 Å². The molecule has 1 aromatic rings. The Morgan fingerprint density at radius 3 is 2.28 bits per heavy atom. The van der Waals surface area contributed by atoms with Gasteiger partial charge in [-0.05, 0) is 0 Å². The summed E-state index contributed by atoms with van der Waals surface area (Å²) in [6, 6.07) is 3.10. The van der Waals surface area contributed by atoms with Gasteiger partial charge in [-0.15, -0.1) is 0 Å². The van der Waals surface area contributed by atoms with Gasteiger partial charge in [-0.25, -0.2) is 4.79 Å². The average Bonchev–Trinajstić information content (AvgIpc) is 2.34. The molecular formula is C12H17NO5. The van der Waals surface area contributed by atoms with E-state index in [1.807, 2.05) is 0 Å². The topological polar surface area (TPSA) is 77.9 Å². The minimum absolute atomic E-state index is 0.160. The maximum absolute atomic E-state index is 11.0. The minimum atomic E-state index is -1.03. The van der Waals surface area contributed by atoms with E-state index < -0.39 is 12.1 Å². The van der Waals surface area contributed by atoms with Crippen LogP contribution in [0.25, 0.3) is 0 Å². The van der Waals surface area contributed by atoms with Crippen molar-refractivity contribution in [2.24, 2.45) is 5.92 Å². The van der Waals surface area contributed by atoms with Gasteiger partial charge in [0, 0.05) is 18.1 Å². The Morgan fingerprint density at radius 2 is 1.83 bits per heavy atom. The predicted molar refractivity (Wildman–Crippen MR) is 64.2 cm³/mol. The standard InChI is InChI=1S/C12H17NO5/c1-7(2)11(12(14)15)18-10-6-8(16-3)5-9(13-10)17-4/h5-7,11H,1-4H3,(H,14,15). The summed E-state index contributed by atoms with van der Waals surface area (Å²) in [6.45, 7) is 3.52. The Labute approximate surface area is 106 Å². The van der Waals surface area contributed by atoms with Crippen molar-refractivity contribution in [3.63, 3.8) is 0 Å². The molecule has 0 aliphatic carbocycles. The highest BCUT2D eigenvalue weighted by Crippen LogP contribution is 2.24. The lowest BCUT2D eigenvalue weighted by atomic mass is 10.1. The Bertz CT molecular complexity index is 397. The number of carboxylic acid groups (broad SMARTS) is 1. The second-order valence-electron chi connectivity index (χ2n) is 4.01. The number of aliphatic carboxylic acids is 1. The van der Waals surface area contributed by atoms with Crippen molar-refractivity contribution >= 4 is 5.97 Å². The van der Waals surface area contributed by atoms with Crippen molar-refractivity contribution in [2.45, 2.75) is 20.0 Å². The van der Waals surface area contributed by atoms with Crippen LogP contribution in [-0.4, -0.2) is 36.4 Å². The highest BCUT2D eigenvalue weighted by molar-refractivity contribution is 5.73. The summed E-state index contributed by atoms with van der Waals surface area (Å²) in [5.41, 5.74) is 0. The lowest BCUT2D eigenvalue weighted by Crippen LogP contribution is -2.32. The van der Waals surface area contributed by atoms with E-state index in [0.29, 0.717) is 11.6 Å². The zero-order valence-corrected chi connectivity index (χ0v) is 10.8. The SMILES string of the molecule is COc1cc(OC)nc(OC(C(=O)O)C(C)C)c1. The van der Waals surface area contributed by atoms with Crippen LogP contribution in [0.4, 0.5) is 0 Å². The molecule has 6 nitrogen and oxygen atoms in total. The van der Waals surface area contributed by atoms with E-state index in [-0.39, 0.29) is 11.8 Å². The Kier molecular flexibility index (Phi) is 4.76. The maximum atomic E-state index is 11.0. The molecule has 0 radical (unpaired) electrons. The number of rotatable bonds is 6. The number of methoxy groups -OCH3 is 2. The molecular weight excluding hydrogens is 238 g/mol. The van der Waals surface area contributed by atoms with Crippen molar-refractivity contribution in [3.05, 3.63) is 12.1 Å². The van der Waals surface area contributed by atoms with Gasteiger partial charge < -0.3 is 19.3 Å². The van der Waals surface area contributed by atoms with Crippen LogP contribution in [0.1, 0.15) is 13.8 Å². The highest BCUT2D eigenvalue weighted by Gasteiger charge is 2.24. The molecule has 0 saturated carbocycles. The molecule has 1 unspecified atom stereocenters. The molecule has 0 aliphatic heterocycles. The van der Waals surface area contributed by atoms with Gasteiger partial charge in [0.25, 0.3) is 0 Å². The molecule has 6 heteroatoms. The third-order valence-corrected chi connectivity index (χ3v) is 2.29. The van der Waals surface area contributed by atoms with Gasteiger partial charge >= 0.3 is 5.97 Å². The number of hydrogen-bond acceptors (Lipinski definition) is 5. The first-order chi connectivity index (χ1) is 8.47. The van der Waals surface area contributed by atoms with E-state index in [9.17, 15) is 4.79 Å². The molecule has 0 aromatic carbocycles. The summed E-state index contributed by atoms with van der Waals surface area (Å²) in [6.07, 6.45) is -0.964. The van der Waals surface area contributed by atoms with E-state index in [1.165, 1.54) is 20.3 Å². The molecule has 1 atom stereocenters. The van der Waals surface area contributed by atoms with Crippen LogP contribution in [0.3, 0.4) is 0 Å².